The van der Waals surface area contributed by atoms with Crippen molar-refractivity contribution in [3.63, 3.8) is 0 Å². The molecule has 0 aromatic heterocycles. The topological polar surface area (TPSA) is 214 Å². The molecule has 0 aromatic carbocycles. The van der Waals surface area contributed by atoms with Gasteiger partial charge in [-0.1, -0.05) is 179 Å². The Morgan fingerprint density at radius 1 is 0.485 bits per heavy atom. The van der Waals surface area contributed by atoms with E-state index in [9.17, 15) is 40.5 Å². The second-order valence-corrected chi connectivity index (χ2v) is 19.1. The van der Waals surface area contributed by atoms with E-state index in [1.165, 1.54) is 116 Å². The maximum absolute atomic E-state index is 13.0. The molecule has 398 valence electrons. The number of esters is 1. The fraction of sp³-hybridized carbons (Fsp3) is 0.870. The SMILES string of the molecule is CCCCCCC/C=C\C/C=C\C/C=C\CCCCCCCCCCC(=O)OC(COCCCCCCCCCCCCC)COC1OC(COC2OC(CO)C(O)C(O)C2O)C(O)C(O)C1O. The van der Waals surface area contributed by atoms with Gasteiger partial charge in [-0.15, -0.1) is 0 Å². The lowest BCUT2D eigenvalue weighted by Crippen LogP contribution is -2.61. The summed E-state index contributed by atoms with van der Waals surface area (Å²) in [5.74, 6) is -0.382. The number of allylic oxidation sites excluding steroid dienone is 6. The van der Waals surface area contributed by atoms with Gasteiger partial charge in [0.05, 0.1) is 26.4 Å². The van der Waals surface area contributed by atoms with Gasteiger partial charge in [0.1, 0.15) is 54.9 Å². The molecule has 0 aliphatic carbocycles. The van der Waals surface area contributed by atoms with Crippen molar-refractivity contribution in [2.24, 2.45) is 0 Å². The number of unbranched alkanes of at least 4 members (excludes halogenated alkanes) is 23. The van der Waals surface area contributed by atoms with Crippen molar-refractivity contribution in [2.75, 3.05) is 33.0 Å². The lowest BCUT2D eigenvalue weighted by molar-refractivity contribution is -0.332. The number of ether oxygens (including phenoxy) is 6. The summed E-state index contributed by atoms with van der Waals surface area (Å²) < 4.78 is 34.3. The molecular weight excluding hydrogens is 873 g/mol. The minimum Gasteiger partial charge on any atom is -0.457 e. The normalized spacial score (nSPS) is 26.1. The van der Waals surface area contributed by atoms with Gasteiger partial charge in [-0.25, -0.2) is 0 Å². The van der Waals surface area contributed by atoms with Crippen LogP contribution < -0.4 is 0 Å². The number of carbonyl (C=O) groups is 1. The first-order valence-corrected chi connectivity index (χ1v) is 27.1. The highest BCUT2D eigenvalue weighted by Gasteiger charge is 2.47. The van der Waals surface area contributed by atoms with E-state index in [1.54, 1.807) is 0 Å². The molecule has 2 rings (SSSR count). The van der Waals surface area contributed by atoms with E-state index in [4.69, 9.17) is 28.4 Å². The van der Waals surface area contributed by atoms with E-state index in [2.05, 4.69) is 50.3 Å². The first-order valence-electron chi connectivity index (χ1n) is 27.1. The lowest BCUT2D eigenvalue weighted by Gasteiger charge is -2.42. The Bertz CT molecular complexity index is 1260. The molecule has 2 aliphatic heterocycles. The number of aliphatic hydroxyl groups excluding tert-OH is 7. The van der Waals surface area contributed by atoms with Gasteiger partial charge in [-0.05, 0) is 51.4 Å². The van der Waals surface area contributed by atoms with Gasteiger partial charge in [0, 0.05) is 13.0 Å². The number of hydrogen-bond acceptors (Lipinski definition) is 14. The Morgan fingerprint density at radius 2 is 0.912 bits per heavy atom. The number of rotatable bonds is 43. The number of carbonyl (C=O) groups excluding carboxylic acids is 1. The molecule has 14 nitrogen and oxygen atoms in total. The predicted molar refractivity (Wildman–Crippen MR) is 266 cm³/mol. The molecule has 0 radical (unpaired) electrons. The Morgan fingerprint density at radius 3 is 1.43 bits per heavy atom. The van der Waals surface area contributed by atoms with Crippen LogP contribution in [0.1, 0.15) is 200 Å². The van der Waals surface area contributed by atoms with E-state index in [0.717, 1.165) is 57.8 Å². The third kappa shape index (κ3) is 28.9. The molecule has 68 heavy (non-hydrogen) atoms. The standard InChI is InChI=1S/C54H98O14/c1-3-5-7-9-11-13-15-16-17-18-19-20-21-22-23-24-25-26-27-29-31-33-35-37-46(56)66-43(40-63-38-36-34-32-30-28-14-12-10-8-6-4-2)41-64-53-52(62)50(60)48(58)45(68-53)42-65-54-51(61)49(59)47(57)44(39-55)67-54/h15-16,18-19,21-22,43-45,47-55,57-62H,3-14,17,20,23-42H2,1-2H3/b16-15-,19-18-,22-21-. The monoisotopic (exact) mass is 971 g/mol. The van der Waals surface area contributed by atoms with Gasteiger partial charge in [-0.3, -0.25) is 4.79 Å². The van der Waals surface area contributed by atoms with E-state index in [1.807, 2.05) is 0 Å². The average molecular weight is 971 g/mol. The lowest BCUT2D eigenvalue weighted by atomic mass is 9.98. The molecular formula is C54H98O14. The van der Waals surface area contributed by atoms with Crippen LogP contribution in [0.2, 0.25) is 0 Å². The van der Waals surface area contributed by atoms with E-state index < -0.39 is 80.7 Å². The fourth-order valence-electron chi connectivity index (χ4n) is 8.47. The minimum absolute atomic E-state index is 0.0607. The molecule has 2 fully saturated rings. The molecule has 11 unspecified atom stereocenters. The molecule has 2 aliphatic rings. The zero-order valence-electron chi connectivity index (χ0n) is 42.3. The van der Waals surface area contributed by atoms with Crippen LogP contribution in [0.3, 0.4) is 0 Å². The Hall–Kier alpha value is -1.79. The van der Waals surface area contributed by atoms with E-state index in [0.29, 0.717) is 13.0 Å². The Labute approximate surface area is 410 Å². The molecule has 0 saturated carbocycles. The number of aliphatic hydroxyl groups is 7. The van der Waals surface area contributed by atoms with Crippen LogP contribution in [0.15, 0.2) is 36.5 Å². The smallest absolute Gasteiger partial charge is 0.306 e. The summed E-state index contributed by atoms with van der Waals surface area (Å²) >= 11 is 0. The minimum atomic E-state index is -1.71. The van der Waals surface area contributed by atoms with Crippen molar-refractivity contribution in [1.29, 1.82) is 0 Å². The van der Waals surface area contributed by atoms with Crippen molar-refractivity contribution in [3.8, 4) is 0 Å². The summed E-state index contributed by atoms with van der Waals surface area (Å²) in [5.41, 5.74) is 0. The van der Waals surface area contributed by atoms with Crippen LogP contribution in [0.4, 0.5) is 0 Å². The van der Waals surface area contributed by atoms with E-state index in [-0.39, 0.29) is 25.6 Å². The maximum atomic E-state index is 13.0. The van der Waals surface area contributed by atoms with Crippen LogP contribution in [0.5, 0.6) is 0 Å². The zero-order chi connectivity index (χ0) is 49.5. The van der Waals surface area contributed by atoms with Crippen LogP contribution in [-0.2, 0) is 33.2 Å². The van der Waals surface area contributed by atoms with Crippen LogP contribution >= 0.6 is 0 Å². The van der Waals surface area contributed by atoms with Crippen molar-refractivity contribution in [3.05, 3.63) is 36.5 Å². The van der Waals surface area contributed by atoms with Crippen molar-refractivity contribution < 1.29 is 69.0 Å². The second kappa shape index (κ2) is 41.8. The quantitative estimate of drug-likeness (QED) is 0.0173. The first-order chi connectivity index (χ1) is 33.1. The highest BCUT2D eigenvalue weighted by atomic mass is 16.7. The average Bonchev–Trinajstić information content (AvgIpc) is 3.33. The van der Waals surface area contributed by atoms with E-state index >= 15 is 0 Å². The summed E-state index contributed by atoms with van der Waals surface area (Å²) in [7, 11) is 0. The summed E-state index contributed by atoms with van der Waals surface area (Å²) in [6, 6.07) is 0. The van der Waals surface area contributed by atoms with Crippen LogP contribution in [0, 0.1) is 0 Å². The Balaban J connectivity index is 1.71. The van der Waals surface area contributed by atoms with Crippen LogP contribution in [-0.4, -0.2) is 142 Å². The molecule has 14 heteroatoms. The van der Waals surface area contributed by atoms with Crippen molar-refractivity contribution in [1.82, 2.24) is 0 Å². The predicted octanol–water partition coefficient (Wildman–Crippen LogP) is 8.58. The van der Waals surface area contributed by atoms with Gasteiger partial charge in [0.15, 0.2) is 12.6 Å². The van der Waals surface area contributed by atoms with Gasteiger partial charge < -0.3 is 64.2 Å². The summed E-state index contributed by atoms with van der Waals surface area (Å²) in [6.07, 6.45) is 30.6. The Kier molecular flexibility index (Phi) is 38.3. The molecule has 2 saturated heterocycles. The largest absolute Gasteiger partial charge is 0.457 e. The summed E-state index contributed by atoms with van der Waals surface area (Å²) in [5, 5.41) is 72.1. The fourth-order valence-corrected chi connectivity index (χ4v) is 8.47. The van der Waals surface area contributed by atoms with Crippen molar-refractivity contribution >= 4 is 5.97 Å². The van der Waals surface area contributed by atoms with Gasteiger partial charge >= 0.3 is 5.97 Å². The third-order valence-electron chi connectivity index (χ3n) is 12.9. The molecule has 0 amide bonds. The zero-order valence-corrected chi connectivity index (χ0v) is 42.3. The van der Waals surface area contributed by atoms with Gasteiger partial charge in [0.2, 0.25) is 0 Å². The highest BCUT2D eigenvalue weighted by Crippen LogP contribution is 2.26. The molecule has 0 bridgehead atoms. The van der Waals surface area contributed by atoms with Crippen LogP contribution in [0.25, 0.3) is 0 Å². The maximum Gasteiger partial charge on any atom is 0.306 e. The molecule has 7 N–H and O–H groups in total. The van der Waals surface area contributed by atoms with Crippen molar-refractivity contribution in [2.45, 2.75) is 268 Å². The summed E-state index contributed by atoms with van der Waals surface area (Å²) in [4.78, 5) is 13.0. The molecule has 11 atom stereocenters. The van der Waals surface area contributed by atoms with Gasteiger partial charge in [-0.2, -0.15) is 0 Å². The molecule has 0 spiro atoms. The second-order valence-electron chi connectivity index (χ2n) is 19.1. The first kappa shape index (κ1) is 62.3. The van der Waals surface area contributed by atoms with Gasteiger partial charge in [0.25, 0.3) is 0 Å². The summed E-state index contributed by atoms with van der Waals surface area (Å²) in [6.45, 7) is 3.67. The molecule has 2 heterocycles. The number of hydrogen-bond donors (Lipinski definition) is 7. The highest BCUT2D eigenvalue weighted by molar-refractivity contribution is 5.69. The molecule has 0 aromatic rings. The third-order valence-corrected chi connectivity index (χ3v) is 12.9.